The van der Waals surface area contributed by atoms with Crippen molar-refractivity contribution >= 4 is 54.2 Å². The number of hydrogen-bond donors (Lipinski definition) is 2. The third-order valence-electron chi connectivity index (χ3n) is 4.65. The molecule has 1 heterocycles. The lowest BCUT2D eigenvalue weighted by atomic mass is 10.1. The Hall–Kier alpha value is -2.73. The second-order valence-electron chi connectivity index (χ2n) is 7.58. The molecule has 1 aromatic heterocycles. The highest BCUT2D eigenvalue weighted by atomic mass is 79.9. The van der Waals surface area contributed by atoms with Crippen molar-refractivity contribution in [1.29, 1.82) is 0 Å². The minimum Gasteiger partial charge on any atom is -0.491 e. The molecule has 0 saturated carbocycles. The highest BCUT2D eigenvalue weighted by Crippen LogP contribution is 2.34. The summed E-state index contributed by atoms with van der Waals surface area (Å²) in [6, 6.07) is 10.2. The van der Waals surface area contributed by atoms with Crippen LogP contribution in [0.3, 0.4) is 0 Å². The number of ether oxygens (including phenoxy) is 3. The molecule has 2 N–H and O–H groups in total. The number of pyridine rings is 1. The van der Waals surface area contributed by atoms with Crippen molar-refractivity contribution in [2.24, 2.45) is 0 Å². The Kier molecular flexibility index (Phi) is 8.47. The van der Waals surface area contributed by atoms with E-state index in [0.717, 1.165) is 4.47 Å². The highest BCUT2D eigenvalue weighted by molar-refractivity contribution is 9.10. The first-order valence-electron chi connectivity index (χ1n) is 10.4. The van der Waals surface area contributed by atoms with Crippen LogP contribution < -0.4 is 14.8 Å². The second-order valence-corrected chi connectivity index (χ2v) is 10.2. The predicted octanol–water partition coefficient (Wildman–Crippen LogP) is 4.24. The number of fused-ring (bicyclic) bond motifs is 1. The number of esters is 1. The number of sulfonamides is 1. The van der Waals surface area contributed by atoms with Crippen LogP contribution in [0.5, 0.6) is 5.75 Å². The summed E-state index contributed by atoms with van der Waals surface area (Å²) in [7, 11) is -1.16. The minimum absolute atomic E-state index is 0.0479. The number of hydrogen-bond acceptors (Lipinski definition) is 8. The van der Waals surface area contributed by atoms with Crippen molar-refractivity contribution in [3.8, 4) is 5.75 Å². The van der Waals surface area contributed by atoms with Gasteiger partial charge in [0, 0.05) is 41.5 Å². The number of carbonyl (C=O) groups excluding carboxylic acids is 1. The van der Waals surface area contributed by atoms with Gasteiger partial charge >= 0.3 is 5.97 Å². The fourth-order valence-corrected chi connectivity index (χ4v) is 4.71. The summed E-state index contributed by atoms with van der Waals surface area (Å²) in [5.41, 5.74) is 1.59. The summed E-state index contributed by atoms with van der Waals surface area (Å²) >= 11 is 3.42. The Labute approximate surface area is 207 Å². The number of rotatable bonds is 10. The first-order valence-corrected chi connectivity index (χ1v) is 12.7. The van der Waals surface area contributed by atoms with Crippen molar-refractivity contribution < 1.29 is 27.4 Å². The molecular weight excluding hydrogens is 526 g/mol. The van der Waals surface area contributed by atoms with E-state index in [9.17, 15) is 13.2 Å². The Morgan fingerprint density at radius 3 is 2.59 bits per heavy atom. The van der Waals surface area contributed by atoms with E-state index in [1.165, 1.54) is 20.4 Å². The van der Waals surface area contributed by atoms with Crippen LogP contribution in [0.4, 0.5) is 11.4 Å². The van der Waals surface area contributed by atoms with E-state index in [2.05, 4.69) is 31.0 Å². The van der Waals surface area contributed by atoms with Gasteiger partial charge in [-0.2, -0.15) is 0 Å². The lowest BCUT2D eigenvalue weighted by molar-refractivity contribution is 0.0600. The van der Waals surface area contributed by atoms with Crippen molar-refractivity contribution in [3.05, 3.63) is 52.6 Å². The van der Waals surface area contributed by atoms with Crippen LogP contribution in [0.15, 0.2) is 52.0 Å². The Morgan fingerprint density at radius 2 is 1.91 bits per heavy atom. The van der Waals surface area contributed by atoms with Crippen LogP contribution in [0, 0.1) is 0 Å². The molecule has 0 fully saturated rings. The monoisotopic (exact) mass is 551 g/mol. The van der Waals surface area contributed by atoms with Gasteiger partial charge in [0.2, 0.25) is 10.0 Å². The fraction of sp³-hybridized carbons (Fsp3) is 0.304. The summed E-state index contributed by atoms with van der Waals surface area (Å²) in [5, 5.41) is 3.75. The molecule has 11 heteroatoms. The topological polar surface area (TPSA) is 116 Å². The predicted molar refractivity (Wildman–Crippen MR) is 133 cm³/mol. The number of benzene rings is 2. The number of nitrogens with zero attached hydrogens (tertiary/aromatic N) is 1. The van der Waals surface area contributed by atoms with E-state index in [4.69, 9.17) is 14.2 Å². The van der Waals surface area contributed by atoms with Gasteiger partial charge < -0.3 is 19.5 Å². The van der Waals surface area contributed by atoms with Crippen LogP contribution in [-0.2, 0) is 19.5 Å². The van der Waals surface area contributed by atoms with Crippen molar-refractivity contribution in [1.82, 2.24) is 9.71 Å². The summed E-state index contributed by atoms with van der Waals surface area (Å²) in [5.74, 6) is -0.112. The number of anilines is 2. The maximum absolute atomic E-state index is 13.1. The number of nitrogens with one attached hydrogen (secondary N) is 2. The van der Waals surface area contributed by atoms with E-state index in [-0.39, 0.29) is 29.7 Å². The average Bonchev–Trinajstić information content (AvgIpc) is 2.77. The molecule has 0 radical (unpaired) electrons. The third kappa shape index (κ3) is 6.23. The van der Waals surface area contributed by atoms with Gasteiger partial charge in [-0.1, -0.05) is 15.9 Å². The van der Waals surface area contributed by atoms with Gasteiger partial charge in [-0.15, -0.1) is 0 Å². The SMILES string of the molecule is COCCNS(=O)(=O)c1cnc2cc(Br)ccc2c1Nc1cc(OC(C)C)cc(C(=O)OC)c1. The molecular formula is C23H26BrN3O6S. The molecule has 182 valence electrons. The van der Waals surface area contributed by atoms with Crippen LogP contribution in [0.2, 0.25) is 0 Å². The maximum atomic E-state index is 13.1. The fourth-order valence-electron chi connectivity index (χ4n) is 3.23. The van der Waals surface area contributed by atoms with Crippen LogP contribution in [-0.4, -0.2) is 52.8 Å². The molecule has 9 nitrogen and oxygen atoms in total. The Balaban J connectivity index is 2.17. The molecule has 0 saturated heterocycles. The molecule has 0 bridgehead atoms. The first kappa shape index (κ1) is 25.9. The summed E-state index contributed by atoms with van der Waals surface area (Å²) in [6.45, 7) is 4.04. The highest BCUT2D eigenvalue weighted by Gasteiger charge is 2.22. The summed E-state index contributed by atoms with van der Waals surface area (Å²) < 4.78 is 45.1. The van der Waals surface area contributed by atoms with Crippen molar-refractivity contribution in [3.63, 3.8) is 0 Å². The van der Waals surface area contributed by atoms with E-state index in [0.29, 0.717) is 28.0 Å². The number of halogens is 1. The molecule has 0 aliphatic rings. The van der Waals surface area contributed by atoms with Crippen LogP contribution in [0.25, 0.3) is 10.9 Å². The molecule has 3 rings (SSSR count). The Morgan fingerprint density at radius 1 is 1.15 bits per heavy atom. The van der Waals surface area contributed by atoms with E-state index >= 15 is 0 Å². The number of carbonyl (C=O) groups is 1. The van der Waals surface area contributed by atoms with Gasteiger partial charge in [-0.25, -0.2) is 17.9 Å². The van der Waals surface area contributed by atoms with Gasteiger partial charge in [0.15, 0.2) is 0 Å². The smallest absolute Gasteiger partial charge is 0.338 e. The molecule has 2 aromatic carbocycles. The summed E-state index contributed by atoms with van der Waals surface area (Å²) in [4.78, 5) is 16.5. The molecule has 0 spiro atoms. The minimum atomic E-state index is -3.93. The molecule has 0 amide bonds. The molecule has 0 unspecified atom stereocenters. The number of aromatic nitrogens is 1. The standard InChI is InChI=1S/C23H26BrN3O6S/c1-14(2)33-18-10-15(23(28)32-4)9-17(12-18)27-22-19-6-5-16(24)11-20(19)25-13-21(22)34(29,30)26-7-8-31-3/h5-6,9-14,26H,7-8H2,1-4H3,(H,25,27). The second kappa shape index (κ2) is 11.1. The van der Waals surface area contributed by atoms with E-state index in [1.807, 2.05) is 13.8 Å². The van der Waals surface area contributed by atoms with Crippen LogP contribution >= 0.6 is 15.9 Å². The van der Waals surface area contributed by atoms with E-state index in [1.54, 1.807) is 36.4 Å². The molecule has 0 atom stereocenters. The normalized spacial score (nSPS) is 11.6. The Bertz CT molecular complexity index is 1300. The lowest BCUT2D eigenvalue weighted by Crippen LogP contribution is -2.28. The van der Waals surface area contributed by atoms with Gasteiger partial charge in [0.1, 0.15) is 10.6 Å². The van der Waals surface area contributed by atoms with E-state index < -0.39 is 16.0 Å². The summed E-state index contributed by atoms with van der Waals surface area (Å²) in [6.07, 6.45) is 1.16. The molecule has 34 heavy (non-hydrogen) atoms. The zero-order chi connectivity index (χ0) is 24.9. The van der Waals surface area contributed by atoms with Crippen molar-refractivity contribution in [2.45, 2.75) is 24.8 Å². The zero-order valence-electron chi connectivity index (χ0n) is 19.2. The first-order chi connectivity index (χ1) is 16.1. The van der Waals surface area contributed by atoms with Crippen LogP contribution in [0.1, 0.15) is 24.2 Å². The lowest BCUT2D eigenvalue weighted by Gasteiger charge is -2.18. The third-order valence-corrected chi connectivity index (χ3v) is 6.62. The molecule has 0 aliphatic heterocycles. The van der Waals surface area contributed by atoms with Gasteiger partial charge in [-0.3, -0.25) is 4.98 Å². The van der Waals surface area contributed by atoms with Gasteiger partial charge in [-0.05, 0) is 44.2 Å². The maximum Gasteiger partial charge on any atom is 0.338 e. The largest absolute Gasteiger partial charge is 0.491 e. The number of methoxy groups -OCH3 is 2. The average molecular weight is 552 g/mol. The van der Waals surface area contributed by atoms with Crippen molar-refractivity contribution in [2.75, 3.05) is 32.7 Å². The molecule has 3 aromatic rings. The zero-order valence-corrected chi connectivity index (χ0v) is 21.6. The quantitative estimate of drug-likeness (QED) is 0.284. The van der Waals surface area contributed by atoms with Gasteiger partial charge in [0.05, 0.1) is 36.6 Å². The van der Waals surface area contributed by atoms with Gasteiger partial charge in [0.25, 0.3) is 0 Å². The molecule has 0 aliphatic carbocycles.